The van der Waals surface area contributed by atoms with E-state index in [0.717, 1.165) is 30.8 Å². The molecule has 1 aromatic carbocycles. The van der Waals surface area contributed by atoms with Crippen molar-refractivity contribution in [2.75, 3.05) is 18.0 Å². The molecule has 1 aliphatic heterocycles. The summed E-state index contributed by atoms with van der Waals surface area (Å²) in [4.78, 5) is 26.5. The second-order valence-electron chi connectivity index (χ2n) is 7.35. The first kappa shape index (κ1) is 19.6. The number of benzene rings is 1. The predicted molar refractivity (Wildman–Crippen MR) is 114 cm³/mol. The van der Waals surface area contributed by atoms with E-state index in [0.29, 0.717) is 18.2 Å². The van der Waals surface area contributed by atoms with Gasteiger partial charge in [0.25, 0.3) is 0 Å². The van der Waals surface area contributed by atoms with E-state index in [4.69, 9.17) is 0 Å². The van der Waals surface area contributed by atoms with Crippen LogP contribution in [0, 0.1) is 5.92 Å². The van der Waals surface area contributed by atoms with Crippen molar-refractivity contribution in [1.82, 2.24) is 20.1 Å². The molecule has 0 bridgehead atoms. The summed E-state index contributed by atoms with van der Waals surface area (Å²) >= 11 is 1.44. The first-order chi connectivity index (χ1) is 14.2. The van der Waals surface area contributed by atoms with E-state index in [1.807, 2.05) is 12.1 Å². The summed E-state index contributed by atoms with van der Waals surface area (Å²) in [6.07, 6.45) is 5.00. The fourth-order valence-electron chi connectivity index (χ4n) is 3.68. The van der Waals surface area contributed by atoms with Crippen LogP contribution < -0.4 is 10.2 Å². The molecule has 2 amide bonds. The summed E-state index contributed by atoms with van der Waals surface area (Å²) in [5.41, 5.74) is 1.20. The normalized spacial score (nSPS) is 16.7. The summed E-state index contributed by atoms with van der Waals surface area (Å²) < 4.78 is 2.20. The molecule has 2 aromatic heterocycles. The van der Waals surface area contributed by atoms with Gasteiger partial charge in [-0.25, -0.2) is 0 Å². The number of rotatable bonds is 8. The average Bonchev–Trinajstić information content (AvgIpc) is 3.44. The second kappa shape index (κ2) is 8.73. The topological polar surface area (TPSA) is 80.1 Å². The highest BCUT2D eigenvalue weighted by Crippen LogP contribution is 2.28. The standard InChI is InChI=1S/C21H25N5O2S/c1-2-6-18-23-24-21(29-18)26-14-16(13-19(26)27)20(28)22-10-5-11-25-12-9-15-7-3-4-8-17(15)25/h3-4,7-9,12,16H,2,5-6,10-11,13-14H2,1H3,(H,22,28). The van der Waals surface area contributed by atoms with Gasteiger partial charge in [0.2, 0.25) is 16.9 Å². The molecule has 1 aliphatic rings. The predicted octanol–water partition coefficient (Wildman–Crippen LogP) is 3.00. The lowest BCUT2D eigenvalue weighted by Crippen LogP contribution is -2.33. The van der Waals surface area contributed by atoms with Gasteiger partial charge >= 0.3 is 0 Å². The van der Waals surface area contributed by atoms with E-state index in [2.05, 4.69) is 51.4 Å². The molecule has 29 heavy (non-hydrogen) atoms. The molecule has 1 N–H and O–H groups in total. The number of hydrogen-bond donors (Lipinski definition) is 1. The van der Waals surface area contributed by atoms with Crippen LogP contribution in [0.3, 0.4) is 0 Å². The molecule has 0 aliphatic carbocycles. The number of hydrogen-bond acceptors (Lipinski definition) is 5. The van der Waals surface area contributed by atoms with Crippen LogP contribution in [-0.2, 0) is 22.6 Å². The third-order valence-corrected chi connectivity index (χ3v) is 6.21. The van der Waals surface area contributed by atoms with Gasteiger partial charge in [0.15, 0.2) is 0 Å². The highest BCUT2D eigenvalue weighted by atomic mass is 32.1. The molecule has 1 fully saturated rings. The Kier molecular flexibility index (Phi) is 5.89. The zero-order chi connectivity index (χ0) is 20.2. The summed E-state index contributed by atoms with van der Waals surface area (Å²) in [7, 11) is 0. The van der Waals surface area contributed by atoms with Crippen molar-refractivity contribution in [3.8, 4) is 0 Å². The van der Waals surface area contributed by atoms with Gasteiger partial charge in [-0.15, -0.1) is 10.2 Å². The van der Waals surface area contributed by atoms with Crippen LogP contribution >= 0.6 is 11.3 Å². The molecule has 152 valence electrons. The van der Waals surface area contributed by atoms with Crippen LogP contribution in [-0.4, -0.2) is 39.7 Å². The molecule has 1 saturated heterocycles. The Balaban J connectivity index is 1.26. The third-order valence-electron chi connectivity index (χ3n) is 5.20. The van der Waals surface area contributed by atoms with Crippen molar-refractivity contribution < 1.29 is 9.59 Å². The Morgan fingerprint density at radius 3 is 3.00 bits per heavy atom. The first-order valence-corrected chi connectivity index (χ1v) is 10.9. The van der Waals surface area contributed by atoms with Gasteiger partial charge in [0.1, 0.15) is 5.01 Å². The van der Waals surface area contributed by atoms with Gasteiger partial charge in [0.05, 0.1) is 5.92 Å². The highest BCUT2D eigenvalue weighted by Gasteiger charge is 2.36. The zero-order valence-electron chi connectivity index (χ0n) is 16.5. The molecule has 3 heterocycles. The van der Waals surface area contributed by atoms with Gasteiger partial charge in [-0.05, 0) is 30.4 Å². The molecule has 0 radical (unpaired) electrons. The Bertz CT molecular complexity index is 1010. The minimum atomic E-state index is -0.326. The van der Waals surface area contributed by atoms with Crippen LogP contribution in [0.4, 0.5) is 5.13 Å². The fraction of sp³-hybridized carbons (Fsp3) is 0.429. The average molecular weight is 412 g/mol. The van der Waals surface area contributed by atoms with Crippen molar-refractivity contribution in [3.05, 3.63) is 41.5 Å². The highest BCUT2D eigenvalue weighted by molar-refractivity contribution is 7.15. The summed E-state index contributed by atoms with van der Waals surface area (Å²) in [6, 6.07) is 10.4. The number of anilines is 1. The third kappa shape index (κ3) is 4.32. The van der Waals surface area contributed by atoms with Crippen LogP contribution in [0.1, 0.15) is 31.2 Å². The van der Waals surface area contributed by atoms with E-state index in [-0.39, 0.29) is 24.2 Å². The van der Waals surface area contributed by atoms with Crippen molar-refractivity contribution in [2.24, 2.45) is 5.92 Å². The van der Waals surface area contributed by atoms with E-state index >= 15 is 0 Å². The monoisotopic (exact) mass is 411 g/mol. The summed E-state index contributed by atoms with van der Waals surface area (Å²) in [5, 5.41) is 14.0. The van der Waals surface area contributed by atoms with Crippen LogP contribution in [0.5, 0.6) is 0 Å². The number of aryl methyl sites for hydroxylation is 2. The Hall–Kier alpha value is -2.74. The lowest BCUT2D eigenvalue weighted by Gasteiger charge is -2.13. The molecule has 1 unspecified atom stereocenters. The van der Waals surface area contributed by atoms with Crippen molar-refractivity contribution in [3.63, 3.8) is 0 Å². The number of carbonyl (C=O) groups is 2. The van der Waals surface area contributed by atoms with Crippen LogP contribution in [0.25, 0.3) is 10.9 Å². The van der Waals surface area contributed by atoms with Gasteiger partial charge in [0, 0.05) is 44.2 Å². The molecule has 0 spiro atoms. The van der Waals surface area contributed by atoms with E-state index in [1.54, 1.807) is 4.90 Å². The molecule has 3 aromatic rings. The van der Waals surface area contributed by atoms with Crippen molar-refractivity contribution in [1.29, 1.82) is 0 Å². The van der Waals surface area contributed by atoms with Crippen molar-refractivity contribution in [2.45, 2.75) is 39.2 Å². The van der Waals surface area contributed by atoms with Crippen LogP contribution in [0.2, 0.25) is 0 Å². The largest absolute Gasteiger partial charge is 0.356 e. The minimum Gasteiger partial charge on any atom is -0.356 e. The number of para-hydroxylation sites is 1. The number of carbonyl (C=O) groups excluding carboxylic acids is 2. The second-order valence-corrected chi connectivity index (χ2v) is 8.39. The maximum Gasteiger partial charge on any atom is 0.229 e. The smallest absolute Gasteiger partial charge is 0.229 e. The van der Waals surface area contributed by atoms with E-state index in [9.17, 15) is 9.59 Å². The number of aromatic nitrogens is 3. The molecule has 1 atom stereocenters. The Morgan fingerprint density at radius 1 is 1.28 bits per heavy atom. The van der Waals surface area contributed by atoms with Crippen LogP contribution in [0.15, 0.2) is 36.5 Å². The summed E-state index contributed by atoms with van der Waals surface area (Å²) in [6.45, 7) is 3.90. The molecule has 7 nitrogen and oxygen atoms in total. The Morgan fingerprint density at radius 2 is 2.14 bits per heavy atom. The lowest BCUT2D eigenvalue weighted by atomic mass is 10.1. The van der Waals surface area contributed by atoms with Gasteiger partial charge in [-0.1, -0.05) is 36.5 Å². The molecule has 4 rings (SSSR count). The molecular weight excluding hydrogens is 386 g/mol. The SMILES string of the molecule is CCCc1nnc(N2CC(C(=O)NCCCn3ccc4ccccc43)CC2=O)s1. The molecule has 8 heteroatoms. The molecule has 0 saturated carbocycles. The summed E-state index contributed by atoms with van der Waals surface area (Å²) in [5.74, 6) is -0.437. The lowest BCUT2D eigenvalue weighted by molar-refractivity contribution is -0.126. The van der Waals surface area contributed by atoms with Gasteiger partial charge in [-0.2, -0.15) is 0 Å². The first-order valence-electron chi connectivity index (χ1n) is 10.1. The minimum absolute atomic E-state index is 0.0526. The Labute approximate surface area is 173 Å². The van der Waals surface area contributed by atoms with E-state index < -0.39 is 0 Å². The van der Waals surface area contributed by atoms with Crippen molar-refractivity contribution >= 4 is 39.2 Å². The quantitative estimate of drug-likeness (QED) is 0.578. The van der Waals surface area contributed by atoms with Gasteiger partial charge < -0.3 is 9.88 Å². The molecular formula is C21H25N5O2S. The fourth-order valence-corrected chi connectivity index (χ4v) is 4.64. The van der Waals surface area contributed by atoms with E-state index in [1.165, 1.54) is 22.2 Å². The number of amides is 2. The number of nitrogens with zero attached hydrogens (tertiary/aromatic N) is 4. The zero-order valence-corrected chi connectivity index (χ0v) is 17.3. The number of nitrogens with one attached hydrogen (secondary N) is 1. The maximum absolute atomic E-state index is 12.5. The number of fused-ring (bicyclic) bond motifs is 1. The maximum atomic E-state index is 12.5. The van der Waals surface area contributed by atoms with Gasteiger partial charge in [-0.3, -0.25) is 14.5 Å².